The highest BCUT2D eigenvalue weighted by molar-refractivity contribution is 7.70. The summed E-state index contributed by atoms with van der Waals surface area (Å²) in [6.45, 7) is 8.61. The number of thiophene rings is 1. The Morgan fingerprint density at radius 1 is 1.23 bits per heavy atom. The van der Waals surface area contributed by atoms with E-state index in [0.29, 0.717) is 34.0 Å². The fraction of sp³-hybridized carbons (Fsp3) is 0.471. The van der Waals surface area contributed by atoms with Gasteiger partial charge in [0.2, 0.25) is 0 Å². The van der Waals surface area contributed by atoms with Crippen molar-refractivity contribution in [2.24, 2.45) is 0 Å². The molecule has 3 aromatic rings. The fourth-order valence-electron chi connectivity index (χ4n) is 5.35. The van der Waals surface area contributed by atoms with Crippen molar-refractivity contribution in [1.82, 2.24) is 4.90 Å². The number of likely N-dealkylation sites (tertiary alicyclic amines) is 1. The molecule has 0 bridgehead atoms. The molecule has 0 aliphatic carbocycles. The van der Waals surface area contributed by atoms with Gasteiger partial charge in [0, 0.05) is 18.4 Å². The predicted octanol–water partition coefficient (Wildman–Crippen LogP) is 7.38. The highest BCUT2D eigenvalue weighted by atomic mass is 32.1. The van der Waals surface area contributed by atoms with Gasteiger partial charge < -0.3 is 24.3 Å². The molecule has 0 saturated carbocycles. The van der Waals surface area contributed by atoms with Gasteiger partial charge in [-0.25, -0.2) is 9.18 Å². The van der Waals surface area contributed by atoms with Crippen LogP contribution in [0.3, 0.4) is 0 Å². The molecule has 0 radical (unpaired) electrons. The van der Waals surface area contributed by atoms with Crippen LogP contribution in [-0.2, 0) is 15.7 Å². The van der Waals surface area contributed by atoms with Crippen LogP contribution in [-0.4, -0.2) is 82.1 Å². The van der Waals surface area contributed by atoms with Gasteiger partial charge in [0.1, 0.15) is 36.4 Å². The van der Waals surface area contributed by atoms with Crippen LogP contribution < -0.4 is 20.3 Å². The minimum atomic E-state index is -4.54. The molecule has 2 heterocycles. The summed E-state index contributed by atoms with van der Waals surface area (Å²) in [5.41, 5.74) is -0.431. The van der Waals surface area contributed by atoms with E-state index in [1.807, 2.05) is 18.0 Å². The first-order valence-corrected chi connectivity index (χ1v) is 18.6. The zero-order valence-electron chi connectivity index (χ0n) is 27.9. The van der Waals surface area contributed by atoms with Gasteiger partial charge in [-0.1, -0.05) is 24.0 Å². The van der Waals surface area contributed by atoms with Crippen molar-refractivity contribution >= 4 is 51.3 Å². The van der Waals surface area contributed by atoms with Gasteiger partial charge >= 0.3 is 12.3 Å². The maximum atomic E-state index is 14.9. The molecule has 0 unspecified atom stereocenters. The molecule has 2 aromatic carbocycles. The van der Waals surface area contributed by atoms with Gasteiger partial charge in [-0.05, 0) is 76.7 Å². The third-order valence-electron chi connectivity index (χ3n) is 7.63. The zero-order chi connectivity index (χ0) is 35.6. The van der Waals surface area contributed by atoms with Crippen LogP contribution >= 0.6 is 18.5 Å². The maximum absolute atomic E-state index is 14.9. The zero-order valence-corrected chi connectivity index (χ0v) is 29.6. The summed E-state index contributed by atoms with van der Waals surface area (Å²) in [6, 6.07) is 9.36. The van der Waals surface area contributed by atoms with Gasteiger partial charge in [-0.3, -0.25) is 4.90 Å². The third kappa shape index (κ3) is 9.02. The topological polar surface area (TPSA) is 94.9 Å². The lowest BCUT2D eigenvalue weighted by molar-refractivity contribution is -0.126. The summed E-state index contributed by atoms with van der Waals surface area (Å²) in [5.74, 6) is 5.75. The highest BCUT2D eigenvalue weighted by Crippen LogP contribution is 2.42. The number of hydrogen-bond acceptors (Lipinski definition) is 8. The summed E-state index contributed by atoms with van der Waals surface area (Å²) >= 11 is 1.06. The van der Waals surface area contributed by atoms with E-state index in [9.17, 15) is 32.2 Å². The molecule has 8 nitrogen and oxygen atoms in total. The second-order valence-electron chi connectivity index (χ2n) is 13.1. The second kappa shape index (κ2) is 14.4. The molecule has 1 aliphatic rings. The summed E-state index contributed by atoms with van der Waals surface area (Å²) in [4.78, 5) is 16.6. The molecular weight excluding hydrogens is 667 g/mol. The number of ether oxygens (including phenoxy) is 2. The number of halogens is 4. The van der Waals surface area contributed by atoms with Gasteiger partial charge in [0.05, 0.1) is 46.9 Å². The van der Waals surface area contributed by atoms with E-state index in [2.05, 4.69) is 17.2 Å². The standard InChI is InChI=1S/C34H39F4N4O4PS/c1-33(2,3)46-32(43)42(30-21(19-39)16-22(47(6,7)44)17-28(30)45-5)14-9-12-29-24(18-34(36,37)38)23-10-8-11-27(31(23)48-29)40-26-13-15-41(4)20-25(26)35/h8,10-11,16-17,25-26,40H,13-15,18,20H2,1-7H3/t25-,26+/m0/s1. The summed E-state index contributed by atoms with van der Waals surface area (Å²) in [5, 5.41) is 14.0. The Hall–Kier alpha value is -3.77. The summed E-state index contributed by atoms with van der Waals surface area (Å²) in [7, 11) is 0.331. The number of anilines is 2. The van der Waals surface area contributed by atoms with E-state index >= 15 is 0 Å². The molecule has 1 aromatic heterocycles. The molecular formula is C34H39F4N4O4PS. The number of fused-ring (bicyclic) bond motifs is 1. The van der Waals surface area contributed by atoms with Crippen molar-refractivity contribution in [3.05, 3.63) is 46.3 Å². The minimum Gasteiger partial charge on any atom is -0.494 e. The highest BCUT2D eigenvalue weighted by Gasteiger charge is 2.33. The monoisotopic (exact) mass is 706 g/mol. The van der Waals surface area contributed by atoms with Crippen molar-refractivity contribution in [3.63, 3.8) is 0 Å². The molecule has 1 saturated heterocycles. The average Bonchev–Trinajstić information content (AvgIpc) is 3.31. The van der Waals surface area contributed by atoms with Crippen LogP contribution in [0.25, 0.3) is 10.1 Å². The number of carbonyl (C=O) groups is 1. The van der Waals surface area contributed by atoms with Crippen molar-refractivity contribution in [3.8, 4) is 23.7 Å². The van der Waals surface area contributed by atoms with E-state index in [1.165, 1.54) is 32.6 Å². The summed E-state index contributed by atoms with van der Waals surface area (Å²) < 4.78 is 81.0. The van der Waals surface area contributed by atoms with Crippen LogP contribution in [0.2, 0.25) is 0 Å². The van der Waals surface area contributed by atoms with Crippen molar-refractivity contribution in [1.29, 1.82) is 5.26 Å². The number of amides is 1. The number of nitriles is 1. The van der Waals surface area contributed by atoms with E-state index in [-0.39, 0.29) is 40.5 Å². The van der Waals surface area contributed by atoms with E-state index in [0.717, 1.165) is 16.2 Å². The Kier molecular flexibility index (Phi) is 11.1. The smallest absolute Gasteiger partial charge is 0.415 e. The molecule has 2 atom stereocenters. The molecule has 1 fully saturated rings. The van der Waals surface area contributed by atoms with E-state index in [1.54, 1.807) is 39.0 Å². The molecule has 4 rings (SSSR count). The Labute approximate surface area is 282 Å². The average molecular weight is 707 g/mol. The largest absolute Gasteiger partial charge is 0.494 e. The first-order chi connectivity index (χ1) is 22.3. The Morgan fingerprint density at radius 2 is 1.94 bits per heavy atom. The van der Waals surface area contributed by atoms with Crippen LogP contribution in [0, 0.1) is 23.2 Å². The third-order valence-corrected chi connectivity index (χ3v) is 10.3. The minimum absolute atomic E-state index is 0.0173. The number of rotatable bonds is 7. The van der Waals surface area contributed by atoms with Gasteiger partial charge in [0.15, 0.2) is 0 Å². The van der Waals surface area contributed by atoms with Crippen LogP contribution in [0.1, 0.15) is 43.2 Å². The number of nitrogens with zero attached hydrogens (tertiary/aromatic N) is 3. The second-order valence-corrected chi connectivity index (χ2v) is 17.3. The fourth-order valence-corrected chi connectivity index (χ4v) is 7.39. The Balaban J connectivity index is 1.81. The van der Waals surface area contributed by atoms with Crippen LogP contribution in [0.5, 0.6) is 5.75 Å². The van der Waals surface area contributed by atoms with Gasteiger partial charge in [-0.15, -0.1) is 11.3 Å². The van der Waals surface area contributed by atoms with E-state index in [4.69, 9.17) is 9.47 Å². The van der Waals surface area contributed by atoms with Crippen molar-refractivity contribution in [2.45, 2.75) is 57.6 Å². The Morgan fingerprint density at radius 3 is 2.52 bits per heavy atom. The lowest BCUT2D eigenvalue weighted by Crippen LogP contribution is -2.46. The van der Waals surface area contributed by atoms with Crippen LogP contribution in [0.4, 0.5) is 33.7 Å². The number of hydrogen-bond donors (Lipinski definition) is 1. The molecule has 48 heavy (non-hydrogen) atoms. The molecule has 1 aliphatic heterocycles. The van der Waals surface area contributed by atoms with Gasteiger partial charge in [-0.2, -0.15) is 18.4 Å². The maximum Gasteiger partial charge on any atom is 0.415 e. The lowest BCUT2D eigenvalue weighted by Gasteiger charge is -2.33. The SMILES string of the molecule is COc1cc(P(C)(C)=O)cc(C#N)c1N(CC#Cc1sc2c(N[C@@H]3CCN(C)C[C@@H]3F)cccc2c1CC(F)(F)F)C(=O)OC(C)(C)C. The van der Waals surface area contributed by atoms with Crippen molar-refractivity contribution < 1.29 is 36.4 Å². The summed E-state index contributed by atoms with van der Waals surface area (Å²) in [6.07, 6.45) is -7.27. The molecule has 1 N–H and O–H groups in total. The lowest BCUT2D eigenvalue weighted by atomic mass is 10.0. The number of alkyl halides is 4. The molecule has 258 valence electrons. The van der Waals surface area contributed by atoms with E-state index < -0.39 is 43.6 Å². The number of nitrogens with one attached hydrogen (secondary N) is 1. The molecule has 14 heteroatoms. The number of benzene rings is 2. The first-order valence-electron chi connectivity index (χ1n) is 15.2. The predicted molar refractivity (Wildman–Crippen MR) is 183 cm³/mol. The van der Waals surface area contributed by atoms with Crippen LogP contribution in [0.15, 0.2) is 30.3 Å². The molecule has 1 amide bonds. The Bertz CT molecular complexity index is 1830. The number of methoxy groups -OCH3 is 1. The normalized spacial score (nSPS) is 17.3. The molecule has 0 spiro atoms. The van der Waals surface area contributed by atoms with Crippen molar-refractivity contribution in [2.75, 3.05) is 57.3 Å². The van der Waals surface area contributed by atoms with Gasteiger partial charge in [0.25, 0.3) is 0 Å². The number of piperidine rings is 1. The quantitative estimate of drug-likeness (QED) is 0.156. The first kappa shape index (κ1) is 37.1. The number of carbonyl (C=O) groups excluding carboxylic acids is 1.